The summed E-state index contributed by atoms with van der Waals surface area (Å²) < 4.78 is 0.428. The molecule has 2 atom stereocenters. The van der Waals surface area contributed by atoms with E-state index in [2.05, 4.69) is 28.8 Å². The van der Waals surface area contributed by atoms with Crippen molar-refractivity contribution in [1.29, 1.82) is 0 Å². The first-order chi connectivity index (χ1) is 14.2. The second kappa shape index (κ2) is 8.18. The summed E-state index contributed by atoms with van der Waals surface area (Å²) in [4.78, 5) is 26.7. The van der Waals surface area contributed by atoms with E-state index in [0.717, 1.165) is 37.1 Å². The number of nitrogens with zero attached hydrogens (tertiary/aromatic N) is 1. The molecule has 1 N–H and O–H groups in total. The Kier molecular flexibility index (Phi) is 5.59. The zero-order valence-electron chi connectivity index (χ0n) is 16.9. The van der Waals surface area contributed by atoms with Gasteiger partial charge in [0.05, 0.1) is 4.08 Å². The number of hydrogen-bond acceptors (Lipinski definition) is 4. The predicted octanol–water partition coefficient (Wildman–Crippen LogP) is 4.43. The minimum atomic E-state index is 0.180. The zero-order chi connectivity index (χ0) is 19.8. The molecule has 2 saturated carbocycles. The van der Waals surface area contributed by atoms with E-state index in [-0.39, 0.29) is 17.7 Å². The standard InChI is InChI=1S/C23H30N2O2S2/c26-21-5-2-10-25(21)20-8-6-16(7-9-20)15-24-22(27)17-13-18-3-1-4-19(14-17)23(18)28-11-12-29-23/h6-9,17-19H,1-5,10-15H2,(H,24,27). The van der Waals surface area contributed by atoms with Crippen LogP contribution in [-0.2, 0) is 16.1 Å². The summed E-state index contributed by atoms with van der Waals surface area (Å²) in [5.74, 6) is 4.62. The highest BCUT2D eigenvalue weighted by Gasteiger charge is 2.55. The van der Waals surface area contributed by atoms with Gasteiger partial charge < -0.3 is 10.2 Å². The average molecular weight is 431 g/mol. The second-order valence-corrected chi connectivity index (χ2v) is 11.9. The highest BCUT2D eigenvalue weighted by molar-refractivity contribution is 8.21. The van der Waals surface area contributed by atoms with Crippen LogP contribution in [0.15, 0.2) is 24.3 Å². The molecule has 2 aliphatic carbocycles. The van der Waals surface area contributed by atoms with Crippen molar-refractivity contribution in [2.24, 2.45) is 17.8 Å². The fourth-order valence-corrected chi connectivity index (χ4v) is 9.81. The first kappa shape index (κ1) is 19.8. The molecule has 2 aliphatic heterocycles. The van der Waals surface area contributed by atoms with Crippen molar-refractivity contribution in [1.82, 2.24) is 5.32 Å². The van der Waals surface area contributed by atoms with E-state index in [0.29, 0.717) is 28.9 Å². The van der Waals surface area contributed by atoms with Gasteiger partial charge in [0.15, 0.2) is 0 Å². The second-order valence-electron chi connectivity index (χ2n) is 8.94. The van der Waals surface area contributed by atoms with Crippen molar-refractivity contribution >= 4 is 41.0 Å². The topological polar surface area (TPSA) is 49.4 Å². The van der Waals surface area contributed by atoms with E-state index in [9.17, 15) is 9.59 Å². The Labute approximate surface area is 181 Å². The number of carbonyl (C=O) groups is 2. The van der Waals surface area contributed by atoms with Gasteiger partial charge in [0.2, 0.25) is 11.8 Å². The number of hydrogen-bond donors (Lipinski definition) is 1. The van der Waals surface area contributed by atoms with E-state index in [1.54, 1.807) is 0 Å². The third-order valence-corrected chi connectivity index (χ3v) is 11.3. The maximum atomic E-state index is 12.9. The summed E-state index contributed by atoms with van der Waals surface area (Å²) in [5.41, 5.74) is 2.07. The van der Waals surface area contributed by atoms with E-state index in [1.807, 2.05) is 29.2 Å². The summed E-state index contributed by atoms with van der Waals surface area (Å²) in [6, 6.07) is 8.09. The Hall–Kier alpha value is -1.14. The zero-order valence-corrected chi connectivity index (χ0v) is 18.5. The monoisotopic (exact) mass is 430 g/mol. The van der Waals surface area contributed by atoms with Crippen molar-refractivity contribution in [2.75, 3.05) is 23.0 Å². The average Bonchev–Trinajstić information content (AvgIpc) is 3.36. The van der Waals surface area contributed by atoms with E-state index in [1.165, 1.54) is 30.8 Å². The number of anilines is 1. The van der Waals surface area contributed by atoms with Gasteiger partial charge in [-0.05, 0) is 61.6 Å². The van der Waals surface area contributed by atoms with Crippen LogP contribution in [0.5, 0.6) is 0 Å². The molecular formula is C23H30N2O2S2. The smallest absolute Gasteiger partial charge is 0.227 e. The maximum Gasteiger partial charge on any atom is 0.227 e. The molecule has 0 aromatic heterocycles. The van der Waals surface area contributed by atoms with Crippen molar-refractivity contribution in [3.8, 4) is 0 Å². The molecule has 1 aromatic rings. The van der Waals surface area contributed by atoms with Crippen molar-refractivity contribution < 1.29 is 9.59 Å². The van der Waals surface area contributed by atoms with Crippen LogP contribution in [0.2, 0.25) is 0 Å². The minimum absolute atomic E-state index is 0.180. The lowest BCUT2D eigenvalue weighted by atomic mass is 9.67. The van der Waals surface area contributed by atoms with Crippen molar-refractivity contribution in [2.45, 2.75) is 55.6 Å². The van der Waals surface area contributed by atoms with E-state index in [4.69, 9.17) is 0 Å². The molecule has 156 valence electrons. The number of amides is 2. The molecule has 2 amide bonds. The van der Waals surface area contributed by atoms with Crippen LogP contribution in [0.3, 0.4) is 0 Å². The molecule has 2 bridgehead atoms. The molecule has 1 spiro atoms. The molecule has 6 heteroatoms. The molecule has 5 rings (SSSR count). The fourth-order valence-electron chi connectivity index (χ4n) is 5.87. The lowest BCUT2D eigenvalue weighted by molar-refractivity contribution is -0.127. The van der Waals surface area contributed by atoms with Crippen molar-refractivity contribution in [3.63, 3.8) is 0 Å². The van der Waals surface area contributed by atoms with Crippen LogP contribution in [0, 0.1) is 17.8 Å². The first-order valence-corrected chi connectivity index (χ1v) is 13.1. The summed E-state index contributed by atoms with van der Waals surface area (Å²) in [7, 11) is 0. The Morgan fingerprint density at radius 1 is 1.07 bits per heavy atom. The van der Waals surface area contributed by atoms with Crippen LogP contribution < -0.4 is 10.2 Å². The molecule has 4 aliphatic rings. The van der Waals surface area contributed by atoms with Gasteiger partial charge >= 0.3 is 0 Å². The third kappa shape index (κ3) is 3.71. The third-order valence-electron chi connectivity index (χ3n) is 7.28. The highest BCUT2D eigenvalue weighted by Crippen LogP contribution is 2.64. The number of rotatable bonds is 4. The van der Waals surface area contributed by atoms with Gasteiger partial charge in [-0.25, -0.2) is 0 Å². The van der Waals surface area contributed by atoms with Gasteiger partial charge in [-0.15, -0.1) is 23.5 Å². The van der Waals surface area contributed by atoms with Crippen LogP contribution in [0.25, 0.3) is 0 Å². The Bertz CT molecular complexity index is 760. The predicted molar refractivity (Wildman–Crippen MR) is 121 cm³/mol. The number of benzene rings is 1. The first-order valence-electron chi connectivity index (χ1n) is 11.1. The molecule has 0 radical (unpaired) electrons. The van der Waals surface area contributed by atoms with Gasteiger partial charge in [0, 0.05) is 42.6 Å². The van der Waals surface area contributed by atoms with E-state index < -0.39 is 0 Å². The minimum Gasteiger partial charge on any atom is -0.352 e. The normalized spacial score (nSPS) is 30.7. The summed E-state index contributed by atoms with van der Waals surface area (Å²) in [6.07, 6.45) is 7.68. The lowest BCUT2D eigenvalue weighted by Gasteiger charge is -2.52. The molecule has 4 fully saturated rings. The van der Waals surface area contributed by atoms with Crippen LogP contribution >= 0.6 is 23.5 Å². The molecule has 2 unspecified atom stereocenters. The molecule has 2 saturated heterocycles. The number of thioether (sulfide) groups is 2. The Morgan fingerprint density at radius 2 is 1.76 bits per heavy atom. The molecule has 1 aromatic carbocycles. The lowest BCUT2D eigenvalue weighted by Crippen LogP contribution is -2.49. The molecule has 4 nitrogen and oxygen atoms in total. The Morgan fingerprint density at radius 3 is 2.38 bits per heavy atom. The quantitative estimate of drug-likeness (QED) is 0.768. The number of carbonyl (C=O) groups excluding carboxylic acids is 2. The highest BCUT2D eigenvalue weighted by atomic mass is 32.2. The largest absolute Gasteiger partial charge is 0.352 e. The summed E-state index contributed by atoms with van der Waals surface area (Å²) in [6.45, 7) is 1.39. The molecule has 2 heterocycles. The van der Waals surface area contributed by atoms with Crippen LogP contribution in [0.4, 0.5) is 5.69 Å². The number of nitrogens with one attached hydrogen (secondary N) is 1. The SMILES string of the molecule is O=C(NCc1ccc(N2CCCC2=O)cc1)C1CC2CCCC(C1)C21SCCS1. The summed E-state index contributed by atoms with van der Waals surface area (Å²) in [5, 5.41) is 3.20. The molecular weight excluding hydrogens is 400 g/mol. The van der Waals surface area contributed by atoms with Crippen LogP contribution in [-0.4, -0.2) is 33.9 Å². The van der Waals surface area contributed by atoms with Gasteiger partial charge in [-0.2, -0.15) is 0 Å². The molecule has 29 heavy (non-hydrogen) atoms. The maximum absolute atomic E-state index is 12.9. The van der Waals surface area contributed by atoms with Gasteiger partial charge in [0.1, 0.15) is 0 Å². The van der Waals surface area contributed by atoms with E-state index >= 15 is 0 Å². The summed E-state index contributed by atoms with van der Waals surface area (Å²) >= 11 is 4.39. The fraction of sp³-hybridized carbons (Fsp3) is 0.652. The Balaban J connectivity index is 1.18. The van der Waals surface area contributed by atoms with Crippen LogP contribution in [0.1, 0.15) is 50.5 Å². The van der Waals surface area contributed by atoms with Gasteiger partial charge in [0.25, 0.3) is 0 Å². The van der Waals surface area contributed by atoms with Gasteiger partial charge in [-0.3, -0.25) is 9.59 Å². The van der Waals surface area contributed by atoms with Crippen molar-refractivity contribution in [3.05, 3.63) is 29.8 Å². The van der Waals surface area contributed by atoms with Gasteiger partial charge in [-0.1, -0.05) is 18.6 Å².